The number of hydrogen-bond acceptors (Lipinski definition) is 0. The van der Waals surface area contributed by atoms with Gasteiger partial charge in [-0.1, -0.05) is 18.9 Å². The summed E-state index contributed by atoms with van der Waals surface area (Å²) in [5.74, 6) is 0.405. The highest BCUT2D eigenvalue weighted by Gasteiger charge is 2.21. The van der Waals surface area contributed by atoms with Crippen molar-refractivity contribution in [2.75, 3.05) is 0 Å². The quantitative estimate of drug-likeness (QED) is 0.504. The Kier molecular flexibility index (Phi) is 2.29. The fourth-order valence-corrected chi connectivity index (χ4v) is 1.48. The van der Waals surface area contributed by atoms with Gasteiger partial charge in [-0.05, 0) is 18.8 Å². The standard InChI is InChI=1S/C8H13O/c1-2-8(9)7-5-3-4-6-7/h2,7-8H,1,3-6H2. The zero-order valence-corrected chi connectivity index (χ0v) is 5.68. The molecule has 1 nitrogen and oxygen atoms in total. The van der Waals surface area contributed by atoms with Crippen LogP contribution in [0.1, 0.15) is 25.7 Å². The van der Waals surface area contributed by atoms with E-state index in [9.17, 15) is 5.11 Å². The van der Waals surface area contributed by atoms with Crippen molar-refractivity contribution in [2.45, 2.75) is 31.8 Å². The van der Waals surface area contributed by atoms with Crippen molar-refractivity contribution in [3.63, 3.8) is 0 Å². The van der Waals surface area contributed by atoms with Gasteiger partial charge in [0.2, 0.25) is 0 Å². The van der Waals surface area contributed by atoms with Gasteiger partial charge in [0.1, 0.15) is 6.10 Å². The summed E-state index contributed by atoms with van der Waals surface area (Å²) in [5.41, 5.74) is 0. The zero-order valence-electron chi connectivity index (χ0n) is 5.68. The Bertz CT molecular complexity index is 92.7. The fraction of sp³-hybridized carbons (Fsp3) is 0.750. The van der Waals surface area contributed by atoms with Gasteiger partial charge in [0.05, 0.1) is 0 Å². The van der Waals surface area contributed by atoms with Crippen LogP contribution in [0.4, 0.5) is 0 Å². The molecule has 1 heteroatoms. The molecule has 1 saturated carbocycles. The van der Waals surface area contributed by atoms with E-state index < -0.39 is 6.10 Å². The molecular weight excluding hydrogens is 112 g/mol. The summed E-state index contributed by atoms with van der Waals surface area (Å²) in [7, 11) is 0. The normalized spacial score (nSPS) is 24.1. The largest absolute Gasteiger partial charge is 0.228 e. The van der Waals surface area contributed by atoms with Crippen molar-refractivity contribution in [3.05, 3.63) is 12.7 Å². The molecule has 1 radical (unpaired) electrons. The van der Waals surface area contributed by atoms with E-state index in [2.05, 4.69) is 6.58 Å². The molecule has 1 atom stereocenters. The van der Waals surface area contributed by atoms with Crippen LogP contribution in [-0.4, -0.2) is 6.10 Å². The van der Waals surface area contributed by atoms with Gasteiger partial charge in [-0.25, -0.2) is 5.11 Å². The maximum Gasteiger partial charge on any atom is 0.114 e. The number of hydrogen-bond donors (Lipinski definition) is 0. The minimum Gasteiger partial charge on any atom is -0.228 e. The molecule has 0 saturated heterocycles. The Balaban J connectivity index is 2.32. The lowest BCUT2D eigenvalue weighted by Gasteiger charge is -2.09. The molecule has 0 aromatic carbocycles. The van der Waals surface area contributed by atoms with Crippen LogP contribution >= 0.6 is 0 Å². The molecule has 0 bridgehead atoms. The number of rotatable bonds is 2. The van der Waals surface area contributed by atoms with E-state index in [1.807, 2.05) is 0 Å². The van der Waals surface area contributed by atoms with Crippen LogP contribution in [0.3, 0.4) is 0 Å². The van der Waals surface area contributed by atoms with Gasteiger partial charge >= 0.3 is 0 Å². The molecule has 1 unspecified atom stereocenters. The first kappa shape index (κ1) is 6.81. The minimum atomic E-state index is -0.493. The van der Waals surface area contributed by atoms with Crippen molar-refractivity contribution in [1.82, 2.24) is 0 Å². The molecule has 0 spiro atoms. The van der Waals surface area contributed by atoms with Crippen molar-refractivity contribution in [1.29, 1.82) is 0 Å². The maximum atomic E-state index is 11.0. The van der Waals surface area contributed by atoms with E-state index in [-0.39, 0.29) is 0 Å². The van der Waals surface area contributed by atoms with Crippen LogP contribution in [0.15, 0.2) is 12.7 Å². The average molecular weight is 125 g/mol. The third kappa shape index (κ3) is 1.55. The molecule has 1 aliphatic rings. The van der Waals surface area contributed by atoms with Crippen molar-refractivity contribution >= 4 is 0 Å². The van der Waals surface area contributed by atoms with Crippen LogP contribution in [-0.2, 0) is 5.11 Å². The van der Waals surface area contributed by atoms with Crippen LogP contribution in [0.25, 0.3) is 0 Å². The second kappa shape index (κ2) is 3.02. The summed E-state index contributed by atoms with van der Waals surface area (Å²) < 4.78 is 0. The monoisotopic (exact) mass is 125 g/mol. The van der Waals surface area contributed by atoms with E-state index in [1.54, 1.807) is 0 Å². The molecular formula is C8H13O. The summed E-state index contributed by atoms with van der Waals surface area (Å²) in [4.78, 5) is 0. The van der Waals surface area contributed by atoms with E-state index >= 15 is 0 Å². The SMILES string of the molecule is C=CC([O])C1CCCC1. The summed E-state index contributed by atoms with van der Waals surface area (Å²) in [6, 6.07) is 0. The predicted molar refractivity (Wildman–Crippen MR) is 36.6 cm³/mol. The van der Waals surface area contributed by atoms with Gasteiger partial charge in [0.25, 0.3) is 0 Å². The Morgan fingerprint density at radius 3 is 2.44 bits per heavy atom. The van der Waals surface area contributed by atoms with Gasteiger partial charge in [0.15, 0.2) is 0 Å². The molecule has 1 rings (SSSR count). The first-order valence-corrected chi connectivity index (χ1v) is 3.63. The topological polar surface area (TPSA) is 19.9 Å². The zero-order chi connectivity index (χ0) is 6.69. The molecule has 0 aromatic heterocycles. The third-order valence-electron chi connectivity index (χ3n) is 2.10. The Labute approximate surface area is 56.4 Å². The molecule has 0 amide bonds. The summed E-state index contributed by atoms with van der Waals surface area (Å²) in [5, 5.41) is 11.0. The third-order valence-corrected chi connectivity index (χ3v) is 2.10. The lowest BCUT2D eigenvalue weighted by Crippen LogP contribution is -2.11. The van der Waals surface area contributed by atoms with Crippen LogP contribution < -0.4 is 0 Å². The first-order chi connectivity index (χ1) is 4.34. The molecule has 0 aromatic rings. The smallest absolute Gasteiger partial charge is 0.114 e. The Morgan fingerprint density at radius 1 is 1.44 bits per heavy atom. The van der Waals surface area contributed by atoms with Gasteiger partial charge in [0, 0.05) is 0 Å². The highest BCUT2D eigenvalue weighted by Crippen LogP contribution is 2.27. The van der Waals surface area contributed by atoms with Gasteiger partial charge in [-0.2, -0.15) is 0 Å². The average Bonchev–Trinajstić information content (AvgIpc) is 2.37. The molecule has 51 valence electrons. The van der Waals surface area contributed by atoms with Crippen molar-refractivity contribution < 1.29 is 5.11 Å². The van der Waals surface area contributed by atoms with Crippen LogP contribution in [0.2, 0.25) is 0 Å². The molecule has 1 aliphatic carbocycles. The molecule has 9 heavy (non-hydrogen) atoms. The Morgan fingerprint density at radius 2 is 2.00 bits per heavy atom. The fourth-order valence-electron chi connectivity index (χ4n) is 1.48. The van der Waals surface area contributed by atoms with E-state index in [1.165, 1.54) is 18.9 Å². The first-order valence-electron chi connectivity index (χ1n) is 3.63. The van der Waals surface area contributed by atoms with Gasteiger partial charge < -0.3 is 0 Å². The van der Waals surface area contributed by atoms with Crippen molar-refractivity contribution in [3.8, 4) is 0 Å². The molecule has 1 fully saturated rings. The van der Waals surface area contributed by atoms with Crippen LogP contribution in [0.5, 0.6) is 0 Å². The lowest BCUT2D eigenvalue weighted by molar-refractivity contribution is 0.0787. The maximum absolute atomic E-state index is 11.0. The van der Waals surface area contributed by atoms with E-state index in [0.29, 0.717) is 5.92 Å². The van der Waals surface area contributed by atoms with Crippen molar-refractivity contribution in [2.24, 2.45) is 5.92 Å². The summed E-state index contributed by atoms with van der Waals surface area (Å²) >= 11 is 0. The van der Waals surface area contributed by atoms with E-state index in [0.717, 1.165) is 12.8 Å². The second-order valence-corrected chi connectivity index (χ2v) is 2.74. The highest BCUT2D eigenvalue weighted by molar-refractivity contribution is 4.86. The summed E-state index contributed by atoms with van der Waals surface area (Å²) in [6.07, 6.45) is 5.79. The minimum absolute atomic E-state index is 0.405. The summed E-state index contributed by atoms with van der Waals surface area (Å²) in [6.45, 7) is 3.49. The van der Waals surface area contributed by atoms with Gasteiger partial charge in [-0.3, -0.25) is 0 Å². The van der Waals surface area contributed by atoms with E-state index in [4.69, 9.17) is 0 Å². The highest BCUT2D eigenvalue weighted by atomic mass is 16.3. The molecule has 0 aliphatic heterocycles. The molecule has 0 heterocycles. The molecule has 0 N–H and O–H groups in total. The predicted octanol–water partition coefficient (Wildman–Crippen LogP) is 2.16. The second-order valence-electron chi connectivity index (χ2n) is 2.74. The van der Waals surface area contributed by atoms with Crippen LogP contribution in [0, 0.1) is 5.92 Å². The van der Waals surface area contributed by atoms with Gasteiger partial charge in [-0.15, -0.1) is 6.58 Å². The lowest BCUT2D eigenvalue weighted by atomic mass is 10.0. The Hall–Kier alpha value is -0.300.